The van der Waals surface area contributed by atoms with E-state index in [0.29, 0.717) is 23.8 Å². The Morgan fingerprint density at radius 1 is 1.37 bits per heavy atom. The van der Waals surface area contributed by atoms with Gasteiger partial charge in [0.25, 0.3) is 0 Å². The molecule has 1 saturated heterocycles. The Balaban J connectivity index is 2.49. The monoisotopic (exact) mass is 290 g/mol. The first-order chi connectivity index (χ1) is 8.85. The number of hydrogen-bond donors (Lipinski definition) is 1. The van der Waals surface area contributed by atoms with Gasteiger partial charge in [-0.1, -0.05) is 20.8 Å². The number of sulfone groups is 1. The number of nitrogens with one attached hydrogen (secondary N) is 1. The molecule has 5 heteroatoms. The molecule has 0 spiro atoms. The van der Waals surface area contributed by atoms with Crippen molar-refractivity contribution < 1.29 is 8.42 Å². The Morgan fingerprint density at radius 3 is 2.63 bits per heavy atom. The summed E-state index contributed by atoms with van der Waals surface area (Å²) >= 11 is 0. The zero-order valence-corrected chi connectivity index (χ0v) is 13.7. The lowest BCUT2D eigenvalue weighted by Gasteiger charge is -2.30. The maximum atomic E-state index is 11.5. The van der Waals surface area contributed by atoms with Gasteiger partial charge in [0, 0.05) is 24.4 Å². The third-order valence-corrected chi connectivity index (χ3v) is 5.96. The molecule has 2 atom stereocenters. The van der Waals surface area contributed by atoms with Crippen molar-refractivity contribution in [1.82, 2.24) is 10.2 Å². The third kappa shape index (κ3) is 5.79. The minimum Gasteiger partial charge on any atom is -0.312 e. The molecule has 0 bridgehead atoms. The lowest BCUT2D eigenvalue weighted by atomic mass is 10.0. The van der Waals surface area contributed by atoms with Crippen LogP contribution in [0.4, 0.5) is 0 Å². The summed E-state index contributed by atoms with van der Waals surface area (Å²) in [4.78, 5) is 2.45. The van der Waals surface area contributed by atoms with Crippen LogP contribution in [0, 0.1) is 5.92 Å². The maximum Gasteiger partial charge on any atom is 0.150 e. The molecule has 0 saturated carbocycles. The SMILES string of the molecule is CCS(=O)(=O)CCCN1CC(C(C)C)NCCC1C. The second-order valence-electron chi connectivity index (χ2n) is 6.03. The third-order valence-electron chi connectivity index (χ3n) is 4.17. The van der Waals surface area contributed by atoms with Crippen molar-refractivity contribution in [2.45, 2.75) is 52.6 Å². The summed E-state index contributed by atoms with van der Waals surface area (Å²) in [5.74, 6) is 1.21. The number of rotatable bonds is 6. The summed E-state index contributed by atoms with van der Waals surface area (Å²) < 4.78 is 23.1. The summed E-state index contributed by atoms with van der Waals surface area (Å²) in [7, 11) is -2.82. The molecule has 0 aromatic rings. The van der Waals surface area contributed by atoms with E-state index in [-0.39, 0.29) is 5.75 Å². The molecule has 1 heterocycles. The Morgan fingerprint density at radius 2 is 2.05 bits per heavy atom. The number of nitrogens with zero attached hydrogens (tertiary/aromatic N) is 1. The minimum absolute atomic E-state index is 0.263. The molecule has 0 amide bonds. The van der Waals surface area contributed by atoms with Gasteiger partial charge in [-0.15, -0.1) is 0 Å². The molecule has 0 aromatic heterocycles. The van der Waals surface area contributed by atoms with E-state index in [9.17, 15) is 8.42 Å². The lowest BCUT2D eigenvalue weighted by molar-refractivity contribution is 0.193. The van der Waals surface area contributed by atoms with E-state index in [2.05, 4.69) is 31.0 Å². The van der Waals surface area contributed by atoms with E-state index < -0.39 is 9.84 Å². The van der Waals surface area contributed by atoms with E-state index in [1.165, 1.54) is 0 Å². The van der Waals surface area contributed by atoms with Gasteiger partial charge in [0.05, 0.1) is 5.75 Å². The highest BCUT2D eigenvalue weighted by atomic mass is 32.2. The molecule has 0 aromatic carbocycles. The predicted molar refractivity (Wildman–Crippen MR) is 81.2 cm³/mol. The molecule has 1 aliphatic rings. The number of hydrogen-bond acceptors (Lipinski definition) is 4. The summed E-state index contributed by atoms with van der Waals surface area (Å²) in [6.45, 7) is 11.5. The van der Waals surface area contributed by atoms with Crippen molar-refractivity contribution in [3.05, 3.63) is 0 Å². The van der Waals surface area contributed by atoms with Gasteiger partial charge in [-0.05, 0) is 38.8 Å². The van der Waals surface area contributed by atoms with Gasteiger partial charge < -0.3 is 5.32 Å². The molecule has 0 aliphatic carbocycles. The summed E-state index contributed by atoms with van der Waals surface area (Å²) in [6, 6.07) is 1.06. The van der Waals surface area contributed by atoms with E-state index in [1.54, 1.807) is 6.92 Å². The van der Waals surface area contributed by atoms with Gasteiger partial charge in [-0.25, -0.2) is 8.42 Å². The smallest absolute Gasteiger partial charge is 0.150 e. The Bertz CT molecular complexity index is 354. The van der Waals surface area contributed by atoms with Crippen LogP contribution in [0.25, 0.3) is 0 Å². The molecule has 114 valence electrons. The molecule has 1 aliphatic heterocycles. The van der Waals surface area contributed by atoms with Crippen LogP contribution < -0.4 is 5.32 Å². The van der Waals surface area contributed by atoms with Gasteiger partial charge in [0.2, 0.25) is 0 Å². The van der Waals surface area contributed by atoms with Crippen molar-refractivity contribution in [2.24, 2.45) is 5.92 Å². The normalized spacial score (nSPS) is 26.6. The second kappa shape index (κ2) is 7.60. The van der Waals surface area contributed by atoms with Gasteiger partial charge in [0.15, 0.2) is 0 Å². The van der Waals surface area contributed by atoms with Gasteiger partial charge in [-0.2, -0.15) is 0 Å². The van der Waals surface area contributed by atoms with Gasteiger partial charge in [0.1, 0.15) is 9.84 Å². The maximum absolute atomic E-state index is 11.5. The van der Waals surface area contributed by atoms with Crippen LogP contribution >= 0.6 is 0 Å². The minimum atomic E-state index is -2.82. The van der Waals surface area contributed by atoms with Crippen molar-refractivity contribution in [3.63, 3.8) is 0 Å². The first-order valence-corrected chi connectivity index (χ1v) is 9.35. The van der Waals surface area contributed by atoms with Crippen LogP contribution in [0.2, 0.25) is 0 Å². The zero-order chi connectivity index (χ0) is 14.5. The molecule has 1 rings (SSSR count). The molecule has 4 nitrogen and oxygen atoms in total. The fraction of sp³-hybridized carbons (Fsp3) is 1.00. The molecular weight excluding hydrogens is 260 g/mol. The van der Waals surface area contributed by atoms with Crippen LogP contribution in [0.15, 0.2) is 0 Å². The van der Waals surface area contributed by atoms with E-state index in [4.69, 9.17) is 0 Å². The van der Waals surface area contributed by atoms with E-state index >= 15 is 0 Å². The average Bonchev–Trinajstić information content (AvgIpc) is 2.52. The van der Waals surface area contributed by atoms with Crippen molar-refractivity contribution >= 4 is 9.84 Å². The van der Waals surface area contributed by atoms with E-state index in [1.807, 2.05) is 0 Å². The Kier molecular flexibility index (Phi) is 6.77. The zero-order valence-electron chi connectivity index (χ0n) is 12.9. The van der Waals surface area contributed by atoms with Crippen molar-refractivity contribution in [3.8, 4) is 0 Å². The van der Waals surface area contributed by atoms with Crippen LogP contribution in [-0.4, -0.2) is 56.5 Å². The van der Waals surface area contributed by atoms with Gasteiger partial charge >= 0.3 is 0 Å². The Labute approximate surface area is 118 Å². The topological polar surface area (TPSA) is 49.4 Å². The molecular formula is C14H30N2O2S. The highest BCUT2D eigenvalue weighted by Crippen LogP contribution is 2.14. The largest absolute Gasteiger partial charge is 0.312 e. The van der Waals surface area contributed by atoms with Crippen LogP contribution in [0.1, 0.15) is 40.5 Å². The molecule has 19 heavy (non-hydrogen) atoms. The second-order valence-corrected chi connectivity index (χ2v) is 8.50. The first kappa shape index (κ1) is 16.9. The lowest BCUT2D eigenvalue weighted by Crippen LogP contribution is -2.43. The van der Waals surface area contributed by atoms with E-state index in [0.717, 1.165) is 32.5 Å². The fourth-order valence-corrected chi connectivity index (χ4v) is 3.41. The molecule has 0 radical (unpaired) electrons. The molecule has 1 N–H and O–H groups in total. The summed E-state index contributed by atoms with van der Waals surface area (Å²) in [5, 5.41) is 3.60. The van der Waals surface area contributed by atoms with Gasteiger partial charge in [-0.3, -0.25) is 4.90 Å². The van der Waals surface area contributed by atoms with Crippen molar-refractivity contribution in [2.75, 3.05) is 31.1 Å². The van der Waals surface area contributed by atoms with Crippen LogP contribution in [-0.2, 0) is 9.84 Å². The highest BCUT2D eigenvalue weighted by molar-refractivity contribution is 7.91. The molecule has 1 fully saturated rings. The Hall–Kier alpha value is -0.130. The first-order valence-electron chi connectivity index (χ1n) is 7.53. The molecule has 2 unspecified atom stereocenters. The highest BCUT2D eigenvalue weighted by Gasteiger charge is 2.24. The predicted octanol–water partition coefficient (Wildman–Crippen LogP) is 1.52. The fourth-order valence-electron chi connectivity index (χ4n) is 2.55. The average molecular weight is 290 g/mol. The van der Waals surface area contributed by atoms with Crippen molar-refractivity contribution in [1.29, 1.82) is 0 Å². The summed E-state index contributed by atoms with van der Waals surface area (Å²) in [6.07, 6.45) is 1.90. The van der Waals surface area contributed by atoms with Crippen LogP contribution in [0.5, 0.6) is 0 Å². The quantitative estimate of drug-likeness (QED) is 0.806. The van der Waals surface area contributed by atoms with Crippen LogP contribution in [0.3, 0.4) is 0 Å². The standard InChI is InChI=1S/C14H30N2O2S/c1-5-19(17,18)10-6-9-16-11-14(12(2)3)15-8-7-13(16)4/h12-15H,5-11H2,1-4H3. The summed E-state index contributed by atoms with van der Waals surface area (Å²) in [5.41, 5.74) is 0.